The van der Waals surface area contributed by atoms with E-state index < -0.39 is 0 Å². The van der Waals surface area contributed by atoms with E-state index in [2.05, 4.69) is 48.5 Å². The minimum Gasteiger partial charge on any atom is -0.0651 e. The first-order valence-corrected chi connectivity index (χ1v) is 8.77. The monoisotopic (exact) mass is 266 g/mol. The van der Waals surface area contributed by atoms with Crippen LogP contribution in [-0.4, -0.2) is 0 Å². The van der Waals surface area contributed by atoms with Crippen LogP contribution in [0, 0.1) is 35.0 Å². The van der Waals surface area contributed by atoms with Gasteiger partial charge in [0.25, 0.3) is 0 Å². The standard InChI is InChI=1S/C19H38/c1-8-15(4)11-17(6)18-13-19(7,12-14(2)3)10-9-16(18)5/h14-18H,8-13H2,1-7H3. The van der Waals surface area contributed by atoms with Crippen molar-refractivity contribution in [2.75, 3.05) is 0 Å². The highest BCUT2D eigenvalue weighted by Crippen LogP contribution is 2.49. The van der Waals surface area contributed by atoms with E-state index in [9.17, 15) is 0 Å². The molecule has 19 heavy (non-hydrogen) atoms. The summed E-state index contributed by atoms with van der Waals surface area (Å²) in [6.45, 7) is 17.1. The van der Waals surface area contributed by atoms with Gasteiger partial charge in [0.15, 0.2) is 0 Å². The van der Waals surface area contributed by atoms with Crippen LogP contribution in [0.4, 0.5) is 0 Å². The summed E-state index contributed by atoms with van der Waals surface area (Å²) in [4.78, 5) is 0. The fourth-order valence-electron chi connectivity index (χ4n) is 4.57. The smallest absolute Gasteiger partial charge is 0.0320 e. The van der Waals surface area contributed by atoms with Gasteiger partial charge in [0.2, 0.25) is 0 Å². The Morgan fingerprint density at radius 2 is 1.79 bits per heavy atom. The molecule has 0 N–H and O–H groups in total. The second kappa shape index (κ2) is 7.14. The van der Waals surface area contributed by atoms with Crippen LogP contribution >= 0.6 is 0 Å². The maximum absolute atomic E-state index is 2.56. The summed E-state index contributed by atoms with van der Waals surface area (Å²) >= 11 is 0. The van der Waals surface area contributed by atoms with E-state index in [4.69, 9.17) is 0 Å². The van der Waals surface area contributed by atoms with Crippen molar-refractivity contribution in [2.24, 2.45) is 35.0 Å². The molecule has 0 amide bonds. The molecule has 0 heteroatoms. The largest absolute Gasteiger partial charge is 0.0651 e. The lowest BCUT2D eigenvalue weighted by Crippen LogP contribution is -2.35. The van der Waals surface area contributed by atoms with Crippen molar-refractivity contribution in [1.29, 1.82) is 0 Å². The molecule has 0 aromatic heterocycles. The van der Waals surface area contributed by atoms with Crippen LogP contribution in [0.3, 0.4) is 0 Å². The summed E-state index contributed by atoms with van der Waals surface area (Å²) in [5.41, 5.74) is 0.620. The molecule has 114 valence electrons. The normalized spacial score (nSPS) is 35.4. The van der Waals surface area contributed by atoms with Crippen LogP contribution < -0.4 is 0 Å². The molecule has 0 saturated heterocycles. The zero-order valence-corrected chi connectivity index (χ0v) is 14.6. The van der Waals surface area contributed by atoms with Crippen molar-refractivity contribution < 1.29 is 0 Å². The lowest BCUT2D eigenvalue weighted by atomic mass is 9.60. The molecule has 1 aliphatic carbocycles. The molecule has 0 heterocycles. The quantitative estimate of drug-likeness (QED) is 0.511. The van der Waals surface area contributed by atoms with Crippen LogP contribution in [0.15, 0.2) is 0 Å². The minimum absolute atomic E-state index is 0.620. The molecule has 5 unspecified atom stereocenters. The number of hydrogen-bond acceptors (Lipinski definition) is 0. The predicted molar refractivity (Wildman–Crippen MR) is 87.3 cm³/mol. The van der Waals surface area contributed by atoms with Crippen LogP contribution in [0.5, 0.6) is 0 Å². The van der Waals surface area contributed by atoms with E-state index in [0.717, 1.165) is 29.6 Å². The second-order valence-corrected chi connectivity index (χ2v) is 8.52. The van der Waals surface area contributed by atoms with Gasteiger partial charge in [-0.2, -0.15) is 0 Å². The lowest BCUT2D eigenvalue weighted by molar-refractivity contribution is 0.0530. The van der Waals surface area contributed by atoms with Gasteiger partial charge in [-0.25, -0.2) is 0 Å². The first-order valence-electron chi connectivity index (χ1n) is 8.77. The fraction of sp³-hybridized carbons (Fsp3) is 1.00. The van der Waals surface area contributed by atoms with E-state index in [0.29, 0.717) is 5.41 Å². The molecule has 0 aromatic rings. The third kappa shape index (κ3) is 5.12. The van der Waals surface area contributed by atoms with E-state index in [1.54, 1.807) is 0 Å². The van der Waals surface area contributed by atoms with Crippen molar-refractivity contribution in [3.05, 3.63) is 0 Å². The van der Waals surface area contributed by atoms with Gasteiger partial charge >= 0.3 is 0 Å². The Hall–Kier alpha value is 0. The van der Waals surface area contributed by atoms with Gasteiger partial charge in [-0.15, -0.1) is 0 Å². The van der Waals surface area contributed by atoms with Crippen LogP contribution in [-0.2, 0) is 0 Å². The molecule has 0 bridgehead atoms. The first-order chi connectivity index (χ1) is 8.77. The molecule has 0 spiro atoms. The zero-order chi connectivity index (χ0) is 14.6. The van der Waals surface area contributed by atoms with Gasteiger partial charge in [-0.05, 0) is 67.1 Å². The predicted octanol–water partition coefficient (Wildman–Crippen LogP) is 6.55. The molecule has 0 aliphatic heterocycles. The maximum atomic E-state index is 2.56. The van der Waals surface area contributed by atoms with Crippen molar-refractivity contribution in [3.63, 3.8) is 0 Å². The van der Waals surface area contributed by atoms with E-state index in [1.807, 2.05) is 0 Å². The summed E-state index contributed by atoms with van der Waals surface area (Å²) in [6.07, 6.45) is 8.59. The number of rotatable bonds is 6. The van der Waals surface area contributed by atoms with Crippen LogP contribution in [0.2, 0.25) is 0 Å². The van der Waals surface area contributed by atoms with Gasteiger partial charge < -0.3 is 0 Å². The molecule has 0 nitrogen and oxygen atoms in total. The number of hydrogen-bond donors (Lipinski definition) is 0. The van der Waals surface area contributed by atoms with Crippen molar-refractivity contribution >= 4 is 0 Å². The van der Waals surface area contributed by atoms with Gasteiger partial charge in [0.05, 0.1) is 0 Å². The minimum atomic E-state index is 0.620. The topological polar surface area (TPSA) is 0 Å². The Kier molecular flexibility index (Phi) is 6.40. The third-order valence-corrected chi connectivity index (χ3v) is 5.77. The van der Waals surface area contributed by atoms with Gasteiger partial charge in [-0.1, -0.05) is 54.9 Å². The SMILES string of the molecule is CCC(C)CC(C)C1CC(C)(CC(C)C)CCC1C. The van der Waals surface area contributed by atoms with E-state index in [1.165, 1.54) is 38.5 Å². The molecule has 1 aliphatic rings. The Morgan fingerprint density at radius 3 is 2.32 bits per heavy atom. The summed E-state index contributed by atoms with van der Waals surface area (Å²) < 4.78 is 0. The van der Waals surface area contributed by atoms with Crippen LogP contribution in [0.1, 0.15) is 87.0 Å². The summed E-state index contributed by atoms with van der Waals surface area (Å²) in [5.74, 6) is 4.58. The first kappa shape index (κ1) is 17.1. The molecular weight excluding hydrogens is 228 g/mol. The summed E-state index contributed by atoms with van der Waals surface area (Å²) in [6, 6.07) is 0. The second-order valence-electron chi connectivity index (χ2n) is 8.52. The maximum Gasteiger partial charge on any atom is -0.0320 e. The van der Waals surface area contributed by atoms with Gasteiger partial charge in [0.1, 0.15) is 0 Å². The van der Waals surface area contributed by atoms with Gasteiger partial charge in [0, 0.05) is 0 Å². The summed E-state index contributed by atoms with van der Waals surface area (Å²) in [5, 5.41) is 0. The highest BCUT2D eigenvalue weighted by molar-refractivity contribution is 4.89. The molecule has 1 fully saturated rings. The van der Waals surface area contributed by atoms with Crippen LogP contribution in [0.25, 0.3) is 0 Å². The Bertz CT molecular complexity index is 255. The van der Waals surface area contributed by atoms with E-state index in [-0.39, 0.29) is 0 Å². The molecular formula is C19H38. The van der Waals surface area contributed by atoms with Crippen molar-refractivity contribution in [3.8, 4) is 0 Å². The zero-order valence-electron chi connectivity index (χ0n) is 14.6. The third-order valence-electron chi connectivity index (χ3n) is 5.77. The molecule has 1 saturated carbocycles. The average molecular weight is 267 g/mol. The molecule has 5 atom stereocenters. The summed E-state index contributed by atoms with van der Waals surface area (Å²) in [7, 11) is 0. The highest BCUT2D eigenvalue weighted by Gasteiger charge is 2.38. The van der Waals surface area contributed by atoms with E-state index >= 15 is 0 Å². The van der Waals surface area contributed by atoms with Gasteiger partial charge in [-0.3, -0.25) is 0 Å². The molecule has 0 aromatic carbocycles. The molecule has 1 rings (SSSR count). The van der Waals surface area contributed by atoms with Crippen molar-refractivity contribution in [1.82, 2.24) is 0 Å². The molecule has 0 radical (unpaired) electrons. The highest BCUT2D eigenvalue weighted by atomic mass is 14.4. The Morgan fingerprint density at radius 1 is 1.16 bits per heavy atom. The average Bonchev–Trinajstić information content (AvgIpc) is 2.31. The van der Waals surface area contributed by atoms with Crippen molar-refractivity contribution in [2.45, 2.75) is 87.0 Å². The Labute approximate surface area is 122 Å². The lowest BCUT2D eigenvalue weighted by Gasteiger charge is -2.45. The Balaban J connectivity index is 2.64. The fourth-order valence-corrected chi connectivity index (χ4v) is 4.57.